The predicted octanol–water partition coefficient (Wildman–Crippen LogP) is 2.40. The summed E-state index contributed by atoms with van der Waals surface area (Å²) in [4.78, 5) is 4.01. The van der Waals surface area contributed by atoms with E-state index in [1.54, 1.807) is 0 Å². The summed E-state index contributed by atoms with van der Waals surface area (Å²) < 4.78 is 17.7. The van der Waals surface area contributed by atoms with E-state index in [4.69, 9.17) is 4.42 Å². The Morgan fingerprint density at radius 3 is 2.91 bits per heavy atom. The summed E-state index contributed by atoms with van der Waals surface area (Å²) in [6, 6.07) is 0. The van der Waals surface area contributed by atoms with Gasteiger partial charge in [-0.2, -0.15) is 0 Å². The standard InChI is InChI=1S/C7H9FNOP/c8-6(11)5-3-10-7(9-5)4-1-2-4/h3-4,6H,1-2,11H2. The molecule has 1 aliphatic rings. The lowest BCUT2D eigenvalue weighted by Gasteiger charge is -1.90. The summed E-state index contributed by atoms with van der Waals surface area (Å²) in [7, 11) is 2.05. The second-order valence-corrected chi connectivity index (χ2v) is 3.37. The highest BCUT2D eigenvalue weighted by molar-refractivity contribution is 7.16. The molecule has 2 atom stereocenters. The highest BCUT2D eigenvalue weighted by Gasteiger charge is 2.29. The second kappa shape index (κ2) is 2.56. The van der Waals surface area contributed by atoms with Gasteiger partial charge >= 0.3 is 0 Å². The Bertz CT molecular complexity index is 240. The molecule has 2 unspecified atom stereocenters. The van der Waals surface area contributed by atoms with E-state index < -0.39 is 5.91 Å². The quantitative estimate of drug-likeness (QED) is 0.642. The van der Waals surface area contributed by atoms with Gasteiger partial charge < -0.3 is 4.42 Å². The Morgan fingerprint density at radius 2 is 2.45 bits per heavy atom. The van der Waals surface area contributed by atoms with E-state index in [-0.39, 0.29) is 0 Å². The van der Waals surface area contributed by atoms with Gasteiger partial charge in [0.1, 0.15) is 12.0 Å². The number of oxazole rings is 1. The average Bonchev–Trinajstić information content (AvgIpc) is 2.68. The van der Waals surface area contributed by atoms with Gasteiger partial charge in [-0.15, -0.1) is 0 Å². The molecule has 2 nitrogen and oxygen atoms in total. The van der Waals surface area contributed by atoms with Crippen molar-refractivity contribution < 1.29 is 8.81 Å². The molecule has 1 aromatic rings. The predicted molar refractivity (Wildman–Crippen MR) is 42.0 cm³/mol. The van der Waals surface area contributed by atoms with Crippen LogP contribution in [0.25, 0.3) is 0 Å². The third-order valence-electron chi connectivity index (χ3n) is 1.75. The molecule has 1 aromatic heterocycles. The topological polar surface area (TPSA) is 26.0 Å². The van der Waals surface area contributed by atoms with E-state index in [0.29, 0.717) is 17.5 Å². The highest BCUT2D eigenvalue weighted by atomic mass is 31.0. The molecular formula is C7H9FNOP. The molecule has 4 heteroatoms. The lowest BCUT2D eigenvalue weighted by Crippen LogP contribution is -1.83. The first-order chi connectivity index (χ1) is 5.27. The fraction of sp³-hybridized carbons (Fsp3) is 0.571. The van der Waals surface area contributed by atoms with Crippen molar-refractivity contribution in [1.82, 2.24) is 4.98 Å². The molecule has 60 valence electrons. The first-order valence-electron chi connectivity index (χ1n) is 3.62. The Balaban J connectivity index is 2.18. The van der Waals surface area contributed by atoms with Gasteiger partial charge in [-0.25, -0.2) is 9.37 Å². The van der Waals surface area contributed by atoms with Crippen molar-refractivity contribution in [3.63, 3.8) is 0 Å². The van der Waals surface area contributed by atoms with Gasteiger partial charge in [-0.1, -0.05) is 9.24 Å². The maximum Gasteiger partial charge on any atom is 0.197 e. The molecule has 0 amide bonds. The molecule has 1 fully saturated rings. The Hall–Kier alpha value is -0.430. The summed E-state index contributed by atoms with van der Waals surface area (Å²) in [5.74, 6) is 0.0730. The van der Waals surface area contributed by atoms with E-state index in [1.165, 1.54) is 6.26 Å². The van der Waals surface area contributed by atoms with Crippen LogP contribution in [0.4, 0.5) is 4.39 Å². The van der Waals surface area contributed by atoms with Crippen LogP contribution in [0.2, 0.25) is 0 Å². The summed E-state index contributed by atoms with van der Waals surface area (Å²) >= 11 is 0. The molecule has 1 heterocycles. The van der Waals surface area contributed by atoms with Crippen LogP contribution in [-0.4, -0.2) is 4.98 Å². The van der Waals surface area contributed by atoms with Crippen molar-refractivity contribution in [2.75, 3.05) is 0 Å². The molecular weight excluding hydrogens is 164 g/mol. The van der Waals surface area contributed by atoms with Crippen LogP contribution in [0.3, 0.4) is 0 Å². The molecule has 1 aliphatic carbocycles. The van der Waals surface area contributed by atoms with Crippen LogP contribution < -0.4 is 0 Å². The maximum atomic E-state index is 12.6. The average molecular weight is 173 g/mol. The lowest BCUT2D eigenvalue weighted by molar-refractivity contribution is 0.456. The highest BCUT2D eigenvalue weighted by Crippen LogP contribution is 2.40. The van der Waals surface area contributed by atoms with Gasteiger partial charge in [0.2, 0.25) is 0 Å². The minimum Gasteiger partial charge on any atom is -0.448 e. The summed E-state index contributed by atoms with van der Waals surface area (Å²) in [6.07, 6.45) is 3.66. The monoisotopic (exact) mass is 173 g/mol. The minimum atomic E-state index is -1.09. The fourth-order valence-electron chi connectivity index (χ4n) is 0.945. The molecule has 2 rings (SSSR count). The van der Waals surface area contributed by atoms with Crippen LogP contribution in [0.1, 0.15) is 36.3 Å². The molecule has 11 heavy (non-hydrogen) atoms. The molecule has 1 saturated carbocycles. The lowest BCUT2D eigenvalue weighted by atomic mass is 10.4. The number of hydrogen-bond donors (Lipinski definition) is 0. The Kier molecular flexibility index (Phi) is 1.68. The van der Waals surface area contributed by atoms with Crippen LogP contribution in [0.5, 0.6) is 0 Å². The van der Waals surface area contributed by atoms with Crippen molar-refractivity contribution in [2.24, 2.45) is 0 Å². The Morgan fingerprint density at radius 1 is 1.73 bits per heavy atom. The van der Waals surface area contributed by atoms with Crippen molar-refractivity contribution >= 4 is 9.24 Å². The smallest absolute Gasteiger partial charge is 0.197 e. The first-order valence-corrected chi connectivity index (χ1v) is 4.29. The summed E-state index contributed by atoms with van der Waals surface area (Å²) in [5.41, 5.74) is 0.386. The van der Waals surface area contributed by atoms with Crippen LogP contribution in [0, 0.1) is 0 Å². The van der Waals surface area contributed by atoms with Crippen molar-refractivity contribution in [3.8, 4) is 0 Å². The van der Waals surface area contributed by atoms with Gasteiger partial charge in [-0.3, -0.25) is 0 Å². The van der Waals surface area contributed by atoms with Crippen LogP contribution >= 0.6 is 9.24 Å². The number of hydrogen-bond acceptors (Lipinski definition) is 2. The van der Waals surface area contributed by atoms with Crippen molar-refractivity contribution in [2.45, 2.75) is 24.7 Å². The third-order valence-corrected chi connectivity index (χ3v) is 2.09. The van der Waals surface area contributed by atoms with Gasteiger partial charge in [0.15, 0.2) is 11.8 Å². The third kappa shape index (κ3) is 1.43. The largest absolute Gasteiger partial charge is 0.448 e. The number of alkyl halides is 1. The molecule has 0 N–H and O–H groups in total. The van der Waals surface area contributed by atoms with E-state index in [1.807, 2.05) is 9.24 Å². The molecule has 0 aliphatic heterocycles. The van der Waals surface area contributed by atoms with Crippen molar-refractivity contribution in [1.29, 1.82) is 0 Å². The Labute approximate surface area is 66.4 Å². The number of nitrogens with zero attached hydrogens (tertiary/aromatic N) is 1. The zero-order valence-electron chi connectivity index (χ0n) is 5.96. The molecule has 0 bridgehead atoms. The minimum absolute atomic E-state index is 0.386. The van der Waals surface area contributed by atoms with Crippen LogP contribution in [-0.2, 0) is 0 Å². The normalized spacial score (nSPS) is 20.2. The van der Waals surface area contributed by atoms with Gasteiger partial charge in [-0.05, 0) is 12.8 Å². The number of rotatable bonds is 2. The zero-order chi connectivity index (χ0) is 7.84. The van der Waals surface area contributed by atoms with E-state index >= 15 is 0 Å². The van der Waals surface area contributed by atoms with E-state index in [0.717, 1.165) is 12.8 Å². The molecule has 0 aromatic carbocycles. The first kappa shape index (κ1) is 7.23. The van der Waals surface area contributed by atoms with Gasteiger partial charge in [0, 0.05) is 5.92 Å². The summed E-state index contributed by atoms with van der Waals surface area (Å²) in [6.45, 7) is 0. The molecule has 0 saturated heterocycles. The summed E-state index contributed by atoms with van der Waals surface area (Å²) in [5, 5.41) is 0. The van der Waals surface area contributed by atoms with Crippen LogP contribution in [0.15, 0.2) is 10.7 Å². The van der Waals surface area contributed by atoms with E-state index in [9.17, 15) is 4.39 Å². The number of aromatic nitrogens is 1. The van der Waals surface area contributed by atoms with E-state index in [2.05, 4.69) is 4.98 Å². The fourth-order valence-corrected chi connectivity index (χ4v) is 1.10. The van der Waals surface area contributed by atoms with Gasteiger partial charge in [0.05, 0.1) is 0 Å². The number of halogens is 1. The molecule has 0 radical (unpaired) electrons. The van der Waals surface area contributed by atoms with Crippen molar-refractivity contribution in [3.05, 3.63) is 17.8 Å². The second-order valence-electron chi connectivity index (χ2n) is 2.79. The zero-order valence-corrected chi connectivity index (χ0v) is 7.11. The molecule has 0 spiro atoms. The maximum absolute atomic E-state index is 12.6. The van der Waals surface area contributed by atoms with Gasteiger partial charge in [0.25, 0.3) is 0 Å². The SMILES string of the molecule is FC(P)c1coc(C2CC2)n1.